The average Bonchev–Trinajstić information content (AvgIpc) is 2.91. The Kier molecular flexibility index (Phi) is 4.50. The van der Waals surface area contributed by atoms with E-state index in [1.165, 1.54) is 19.1 Å². The predicted molar refractivity (Wildman–Crippen MR) is 76.0 cm³/mol. The standard InChI is InChI=1S/C14H13F3N2O5/c1-7(20)8-2-3-11(12(4-8)19(23)24)18-5-9(13(21)22)10(6-18)14(15,16)17/h2-4,9-10H,5-6H2,1H3,(H,21,22)/t9-,10-/m1/s1. The Balaban J connectivity index is 2.44. The highest BCUT2D eigenvalue weighted by molar-refractivity contribution is 5.95. The van der Waals surface area contributed by atoms with Crippen LogP contribution in [0, 0.1) is 22.0 Å². The number of nitro benzene ring substituents is 1. The van der Waals surface area contributed by atoms with Crippen LogP contribution in [-0.4, -0.2) is 41.0 Å². The van der Waals surface area contributed by atoms with Crippen molar-refractivity contribution in [2.45, 2.75) is 13.1 Å². The first-order valence-corrected chi connectivity index (χ1v) is 6.86. The molecular formula is C14H13F3N2O5. The van der Waals surface area contributed by atoms with E-state index in [2.05, 4.69) is 0 Å². The number of carbonyl (C=O) groups is 2. The van der Waals surface area contributed by atoms with E-state index in [4.69, 9.17) is 5.11 Å². The van der Waals surface area contributed by atoms with E-state index in [0.29, 0.717) is 0 Å². The van der Waals surface area contributed by atoms with E-state index >= 15 is 0 Å². The number of aliphatic carboxylic acids is 1. The molecule has 10 heteroatoms. The van der Waals surface area contributed by atoms with Gasteiger partial charge in [0.25, 0.3) is 5.69 Å². The summed E-state index contributed by atoms with van der Waals surface area (Å²) in [5.74, 6) is -5.87. The Hall–Kier alpha value is -2.65. The fourth-order valence-corrected chi connectivity index (χ4v) is 2.74. The van der Waals surface area contributed by atoms with Gasteiger partial charge in [-0.3, -0.25) is 19.7 Å². The molecule has 1 saturated heterocycles. The van der Waals surface area contributed by atoms with E-state index in [0.717, 1.165) is 11.0 Å². The van der Waals surface area contributed by atoms with Gasteiger partial charge < -0.3 is 10.0 Å². The fourth-order valence-electron chi connectivity index (χ4n) is 2.74. The molecule has 1 fully saturated rings. The van der Waals surface area contributed by atoms with Crippen molar-refractivity contribution in [3.63, 3.8) is 0 Å². The third kappa shape index (κ3) is 3.31. The zero-order chi connectivity index (χ0) is 18.2. The van der Waals surface area contributed by atoms with Crippen molar-refractivity contribution in [2.24, 2.45) is 11.8 Å². The number of hydrogen-bond donors (Lipinski definition) is 1. The van der Waals surface area contributed by atoms with Crippen LogP contribution < -0.4 is 4.90 Å². The second-order valence-corrected chi connectivity index (χ2v) is 5.51. The first-order chi connectivity index (χ1) is 11.0. The average molecular weight is 346 g/mol. The Morgan fingerprint density at radius 2 is 1.96 bits per heavy atom. The SMILES string of the molecule is CC(=O)c1ccc(N2C[C@@H](C(F)(F)F)[C@H](C(=O)O)C2)c([N+](=O)[O-])c1. The van der Waals surface area contributed by atoms with E-state index in [-0.39, 0.29) is 11.3 Å². The highest BCUT2D eigenvalue weighted by Gasteiger charge is 2.53. The lowest BCUT2D eigenvalue weighted by molar-refractivity contribution is -0.384. The molecule has 130 valence electrons. The molecule has 0 spiro atoms. The van der Waals surface area contributed by atoms with Crippen molar-refractivity contribution < 1.29 is 32.8 Å². The highest BCUT2D eigenvalue weighted by Crippen LogP contribution is 2.41. The Morgan fingerprint density at radius 1 is 1.33 bits per heavy atom. The minimum Gasteiger partial charge on any atom is -0.481 e. The molecule has 2 rings (SSSR count). The minimum atomic E-state index is -4.73. The van der Waals surface area contributed by atoms with Gasteiger partial charge in [0.05, 0.1) is 16.8 Å². The van der Waals surface area contributed by atoms with Gasteiger partial charge in [0.1, 0.15) is 5.69 Å². The number of halogens is 3. The van der Waals surface area contributed by atoms with Crippen LogP contribution in [0.2, 0.25) is 0 Å². The third-order valence-corrected chi connectivity index (χ3v) is 3.98. The molecule has 0 bridgehead atoms. The molecule has 0 aromatic heterocycles. The number of Topliss-reactive ketones (excluding diaryl/α,β-unsaturated/α-hetero) is 1. The monoisotopic (exact) mass is 346 g/mol. The molecule has 1 N–H and O–H groups in total. The van der Waals surface area contributed by atoms with Gasteiger partial charge >= 0.3 is 12.1 Å². The predicted octanol–water partition coefficient (Wildman–Crippen LogP) is 2.50. The summed E-state index contributed by atoms with van der Waals surface area (Å²) in [6.45, 7) is 0.00915. The van der Waals surface area contributed by atoms with Crippen LogP contribution in [0.5, 0.6) is 0 Å². The number of rotatable bonds is 4. The number of anilines is 1. The molecule has 1 heterocycles. The molecule has 1 aromatic carbocycles. The summed E-state index contributed by atoms with van der Waals surface area (Å²) in [4.78, 5) is 33.8. The maximum Gasteiger partial charge on any atom is 0.394 e. The summed E-state index contributed by atoms with van der Waals surface area (Å²) in [5.41, 5.74) is -0.621. The number of carboxylic acid groups (broad SMARTS) is 1. The van der Waals surface area contributed by atoms with Crippen LogP contribution in [0.1, 0.15) is 17.3 Å². The van der Waals surface area contributed by atoms with E-state index in [1.54, 1.807) is 0 Å². The zero-order valence-corrected chi connectivity index (χ0v) is 12.4. The van der Waals surface area contributed by atoms with Crippen molar-refractivity contribution in [1.29, 1.82) is 0 Å². The lowest BCUT2D eigenvalue weighted by atomic mass is 9.96. The van der Waals surface area contributed by atoms with Crippen molar-refractivity contribution in [3.8, 4) is 0 Å². The van der Waals surface area contributed by atoms with Crippen molar-refractivity contribution in [3.05, 3.63) is 33.9 Å². The van der Waals surface area contributed by atoms with E-state index in [9.17, 15) is 32.9 Å². The molecule has 0 radical (unpaired) electrons. The quantitative estimate of drug-likeness (QED) is 0.511. The molecule has 1 aliphatic heterocycles. The van der Waals surface area contributed by atoms with Crippen LogP contribution >= 0.6 is 0 Å². The van der Waals surface area contributed by atoms with Crippen LogP contribution in [0.3, 0.4) is 0 Å². The Labute approximate surface area is 133 Å². The van der Waals surface area contributed by atoms with E-state index < -0.39 is 53.5 Å². The number of nitrogens with zero attached hydrogens (tertiary/aromatic N) is 2. The van der Waals surface area contributed by atoms with Crippen molar-refractivity contribution >= 4 is 23.1 Å². The number of ketones is 1. The number of hydrogen-bond acceptors (Lipinski definition) is 5. The molecular weight excluding hydrogens is 333 g/mol. The molecule has 2 atom stereocenters. The largest absolute Gasteiger partial charge is 0.481 e. The van der Waals surface area contributed by atoms with E-state index in [1.807, 2.05) is 0 Å². The molecule has 1 aromatic rings. The minimum absolute atomic E-state index is 0.0480. The van der Waals surface area contributed by atoms with Gasteiger partial charge in [-0.1, -0.05) is 0 Å². The Bertz CT molecular complexity index is 704. The highest BCUT2D eigenvalue weighted by atomic mass is 19.4. The van der Waals surface area contributed by atoms with Gasteiger partial charge in [0.2, 0.25) is 0 Å². The topological polar surface area (TPSA) is 101 Å². The molecule has 0 amide bonds. The normalized spacial score (nSPS) is 20.9. The number of benzene rings is 1. The van der Waals surface area contributed by atoms with Gasteiger partial charge in [0.15, 0.2) is 5.78 Å². The van der Waals surface area contributed by atoms with Crippen molar-refractivity contribution in [1.82, 2.24) is 0 Å². The third-order valence-electron chi connectivity index (χ3n) is 3.98. The van der Waals surface area contributed by atoms with Gasteiger partial charge in [-0.15, -0.1) is 0 Å². The fraction of sp³-hybridized carbons (Fsp3) is 0.429. The molecule has 0 saturated carbocycles. The summed E-state index contributed by atoms with van der Waals surface area (Å²) >= 11 is 0. The summed E-state index contributed by atoms with van der Waals surface area (Å²) in [6, 6.07) is 3.42. The molecule has 0 aliphatic carbocycles. The Morgan fingerprint density at radius 3 is 2.38 bits per heavy atom. The smallest absolute Gasteiger partial charge is 0.394 e. The van der Waals surface area contributed by atoms with Crippen molar-refractivity contribution in [2.75, 3.05) is 18.0 Å². The van der Waals surface area contributed by atoms with Gasteiger partial charge in [-0.2, -0.15) is 13.2 Å². The summed E-state index contributed by atoms with van der Waals surface area (Å²) in [7, 11) is 0. The first-order valence-electron chi connectivity index (χ1n) is 6.86. The van der Waals surface area contributed by atoms with Crippen LogP contribution in [-0.2, 0) is 4.79 Å². The maximum atomic E-state index is 13.0. The molecule has 24 heavy (non-hydrogen) atoms. The van der Waals surface area contributed by atoms with Gasteiger partial charge in [-0.25, -0.2) is 0 Å². The number of nitro groups is 1. The number of alkyl halides is 3. The summed E-state index contributed by atoms with van der Waals surface area (Å²) in [6.07, 6.45) is -4.73. The molecule has 0 unspecified atom stereocenters. The number of carboxylic acids is 1. The zero-order valence-electron chi connectivity index (χ0n) is 12.4. The van der Waals surface area contributed by atoms with Crippen LogP contribution in [0.15, 0.2) is 18.2 Å². The summed E-state index contributed by atoms with van der Waals surface area (Å²) in [5, 5.41) is 20.2. The lowest BCUT2D eigenvalue weighted by Crippen LogP contribution is -2.33. The molecule has 1 aliphatic rings. The maximum absolute atomic E-state index is 13.0. The second kappa shape index (κ2) is 6.10. The van der Waals surface area contributed by atoms with Gasteiger partial charge in [0, 0.05) is 24.7 Å². The van der Waals surface area contributed by atoms with Crippen LogP contribution in [0.25, 0.3) is 0 Å². The second-order valence-electron chi connectivity index (χ2n) is 5.51. The van der Waals surface area contributed by atoms with Crippen LogP contribution in [0.4, 0.5) is 24.5 Å². The summed E-state index contributed by atoms with van der Waals surface area (Å²) < 4.78 is 39.1. The molecule has 7 nitrogen and oxygen atoms in total. The number of carbonyl (C=O) groups excluding carboxylic acids is 1. The lowest BCUT2D eigenvalue weighted by Gasteiger charge is -2.19. The van der Waals surface area contributed by atoms with Gasteiger partial charge in [-0.05, 0) is 19.1 Å². The first kappa shape index (κ1) is 17.7.